The minimum Gasteiger partial charge on any atom is -0.347 e. The highest BCUT2D eigenvalue weighted by Crippen LogP contribution is 2.21. The molecule has 1 aliphatic carbocycles. The lowest BCUT2D eigenvalue weighted by molar-refractivity contribution is 0.0930. The van der Waals surface area contributed by atoms with Crippen LogP contribution in [-0.2, 0) is 19.9 Å². The van der Waals surface area contributed by atoms with Crippen LogP contribution in [0.1, 0.15) is 21.6 Å². The summed E-state index contributed by atoms with van der Waals surface area (Å²) in [5.74, 6) is 0.0142. The molecule has 1 amide bonds. The van der Waals surface area contributed by atoms with Gasteiger partial charge in [-0.3, -0.25) is 4.79 Å². The molecule has 0 fully saturated rings. The molecule has 3 heteroatoms. The van der Waals surface area contributed by atoms with Crippen LogP contribution in [-0.4, -0.2) is 16.5 Å². The highest BCUT2D eigenvalue weighted by atomic mass is 16.2. The van der Waals surface area contributed by atoms with Crippen molar-refractivity contribution in [1.29, 1.82) is 0 Å². The molecule has 3 rings (SSSR count). The molecule has 1 aromatic carbocycles. The molecule has 0 aliphatic heterocycles. The number of rotatable bonds is 2. The van der Waals surface area contributed by atoms with Gasteiger partial charge in [-0.05, 0) is 36.1 Å². The summed E-state index contributed by atoms with van der Waals surface area (Å²) < 4.78 is 1.84. The highest BCUT2D eigenvalue weighted by molar-refractivity contribution is 5.93. The van der Waals surface area contributed by atoms with Gasteiger partial charge in [0.1, 0.15) is 5.69 Å². The fourth-order valence-electron chi connectivity index (χ4n) is 2.62. The Morgan fingerprint density at radius 2 is 1.83 bits per heavy atom. The zero-order valence-electron chi connectivity index (χ0n) is 10.4. The molecule has 0 radical (unpaired) electrons. The number of fused-ring (bicyclic) bond motifs is 1. The fourth-order valence-corrected chi connectivity index (χ4v) is 2.62. The van der Waals surface area contributed by atoms with E-state index in [1.54, 1.807) is 0 Å². The van der Waals surface area contributed by atoms with Gasteiger partial charge in [-0.2, -0.15) is 0 Å². The molecule has 1 heterocycles. The normalized spacial score (nSPS) is 14.5. The van der Waals surface area contributed by atoms with Gasteiger partial charge < -0.3 is 9.88 Å². The van der Waals surface area contributed by atoms with Crippen LogP contribution in [0.4, 0.5) is 0 Å². The molecule has 2 aromatic rings. The number of benzene rings is 1. The minimum absolute atomic E-state index is 0.0142. The third-order valence-corrected chi connectivity index (χ3v) is 3.56. The third-order valence-electron chi connectivity index (χ3n) is 3.56. The van der Waals surface area contributed by atoms with Crippen LogP contribution in [0, 0.1) is 0 Å². The van der Waals surface area contributed by atoms with Gasteiger partial charge in [0.25, 0.3) is 5.91 Å². The number of hydrogen-bond donors (Lipinski definition) is 1. The molecule has 18 heavy (non-hydrogen) atoms. The van der Waals surface area contributed by atoms with E-state index in [4.69, 9.17) is 0 Å². The zero-order chi connectivity index (χ0) is 12.5. The van der Waals surface area contributed by atoms with Crippen molar-refractivity contribution in [3.05, 3.63) is 59.4 Å². The molecule has 0 saturated carbocycles. The average Bonchev–Trinajstić information content (AvgIpc) is 2.94. The van der Waals surface area contributed by atoms with Crippen LogP contribution in [0.5, 0.6) is 0 Å². The summed E-state index contributed by atoms with van der Waals surface area (Å²) in [4.78, 5) is 12.1. The second-order valence-corrected chi connectivity index (χ2v) is 4.85. The summed E-state index contributed by atoms with van der Waals surface area (Å²) in [6.07, 6.45) is 3.76. The van der Waals surface area contributed by atoms with E-state index in [1.165, 1.54) is 11.1 Å². The Morgan fingerprint density at radius 1 is 1.17 bits per heavy atom. The first-order valence-corrected chi connectivity index (χ1v) is 6.23. The summed E-state index contributed by atoms with van der Waals surface area (Å²) in [5, 5.41) is 3.11. The first-order chi connectivity index (χ1) is 8.74. The van der Waals surface area contributed by atoms with Crippen molar-refractivity contribution in [3.8, 4) is 0 Å². The van der Waals surface area contributed by atoms with Crippen molar-refractivity contribution < 1.29 is 4.79 Å². The molecule has 0 spiro atoms. The van der Waals surface area contributed by atoms with Crippen molar-refractivity contribution in [2.75, 3.05) is 0 Å². The molecular formula is C15H16N2O. The second-order valence-electron chi connectivity index (χ2n) is 4.85. The van der Waals surface area contributed by atoms with E-state index >= 15 is 0 Å². The molecule has 0 bridgehead atoms. The molecule has 1 N–H and O–H groups in total. The Morgan fingerprint density at radius 3 is 2.39 bits per heavy atom. The average molecular weight is 240 g/mol. The standard InChI is InChI=1S/C15H16N2O/c1-17-8-4-7-14(17)15(18)16-13-9-11-5-2-3-6-12(11)10-13/h2-8,13H,9-10H2,1H3,(H,16,18). The minimum atomic E-state index is 0.0142. The Kier molecular flexibility index (Phi) is 2.67. The first kappa shape index (κ1) is 11.1. The maximum absolute atomic E-state index is 12.1. The van der Waals surface area contributed by atoms with E-state index in [-0.39, 0.29) is 11.9 Å². The van der Waals surface area contributed by atoms with Gasteiger partial charge in [-0.15, -0.1) is 0 Å². The number of carbonyl (C=O) groups is 1. The predicted octanol–water partition coefficient (Wildman–Crippen LogP) is 1.92. The second kappa shape index (κ2) is 4.33. The van der Waals surface area contributed by atoms with Crippen molar-refractivity contribution in [1.82, 2.24) is 9.88 Å². The Hall–Kier alpha value is -2.03. The maximum Gasteiger partial charge on any atom is 0.268 e. The van der Waals surface area contributed by atoms with E-state index < -0.39 is 0 Å². The summed E-state index contributed by atoms with van der Waals surface area (Å²) in [5.41, 5.74) is 3.43. The highest BCUT2D eigenvalue weighted by Gasteiger charge is 2.23. The van der Waals surface area contributed by atoms with Crippen molar-refractivity contribution in [3.63, 3.8) is 0 Å². The van der Waals surface area contributed by atoms with Gasteiger partial charge in [0.15, 0.2) is 0 Å². The van der Waals surface area contributed by atoms with Gasteiger partial charge in [0.2, 0.25) is 0 Å². The van der Waals surface area contributed by atoms with Gasteiger partial charge >= 0.3 is 0 Å². The summed E-state index contributed by atoms with van der Waals surface area (Å²) in [6.45, 7) is 0. The van der Waals surface area contributed by atoms with Crippen molar-refractivity contribution in [2.24, 2.45) is 7.05 Å². The van der Waals surface area contributed by atoms with E-state index in [0.29, 0.717) is 5.69 Å². The smallest absolute Gasteiger partial charge is 0.268 e. The summed E-state index contributed by atoms with van der Waals surface area (Å²) in [6, 6.07) is 12.4. The molecule has 0 atom stereocenters. The number of carbonyl (C=O) groups excluding carboxylic acids is 1. The molecule has 0 saturated heterocycles. The van der Waals surface area contributed by atoms with Gasteiger partial charge in [-0.25, -0.2) is 0 Å². The van der Waals surface area contributed by atoms with Crippen molar-refractivity contribution in [2.45, 2.75) is 18.9 Å². The third kappa shape index (κ3) is 1.92. The molecule has 0 unspecified atom stereocenters. The first-order valence-electron chi connectivity index (χ1n) is 6.23. The number of amides is 1. The van der Waals surface area contributed by atoms with Crippen molar-refractivity contribution >= 4 is 5.91 Å². The zero-order valence-corrected chi connectivity index (χ0v) is 10.4. The van der Waals surface area contributed by atoms with E-state index in [2.05, 4.69) is 29.6 Å². The van der Waals surface area contributed by atoms with Gasteiger partial charge in [-0.1, -0.05) is 24.3 Å². The quantitative estimate of drug-likeness (QED) is 0.855. The maximum atomic E-state index is 12.1. The summed E-state index contributed by atoms with van der Waals surface area (Å²) in [7, 11) is 1.89. The SMILES string of the molecule is Cn1cccc1C(=O)NC1Cc2ccccc2C1. The number of hydrogen-bond acceptors (Lipinski definition) is 1. The molecule has 92 valence electrons. The molecular weight excluding hydrogens is 224 g/mol. The Balaban J connectivity index is 1.70. The number of aromatic nitrogens is 1. The van der Waals surface area contributed by atoms with Gasteiger partial charge in [0.05, 0.1) is 0 Å². The lowest BCUT2D eigenvalue weighted by Gasteiger charge is -2.12. The van der Waals surface area contributed by atoms with Crippen LogP contribution in [0.3, 0.4) is 0 Å². The van der Waals surface area contributed by atoms with E-state index in [1.807, 2.05) is 29.9 Å². The Bertz CT molecular complexity index is 561. The molecule has 3 nitrogen and oxygen atoms in total. The number of nitrogens with one attached hydrogen (secondary N) is 1. The van der Waals surface area contributed by atoms with E-state index in [0.717, 1.165) is 12.8 Å². The predicted molar refractivity (Wildman–Crippen MR) is 70.5 cm³/mol. The van der Waals surface area contributed by atoms with E-state index in [9.17, 15) is 4.79 Å². The topological polar surface area (TPSA) is 34.0 Å². The number of nitrogens with zero attached hydrogens (tertiary/aromatic N) is 1. The largest absolute Gasteiger partial charge is 0.347 e. The fraction of sp³-hybridized carbons (Fsp3) is 0.267. The van der Waals surface area contributed by atoms with Crippen LogP contribution in [0.25, 0.3) is 0 Å². The monoisotopic (exact) mass is 240 g/mol. The lowest BCUT2D eigenvalue weighted by atomic mass is 10.1. The van der Waals surface area contributed by atoms with Crippen LogP contribution >= 0.6 is 0 Å². The van der Waals surface area contributed by atoms with Crippen LogP contribution in [0.15, 0.2) is 42.6 Å². The lowest BCUT2D eigenvalue weighted by Crippen LogP contribution is -2.36. The molecule has 1 aliphatic rings. The van der Waals surface area contributed by atoms with Gasteiger partial charge in [0, 0.05) is 19.3 Å². The summed E-state index contributed by atoms with van der Waals surface area (Å²) >= 11 is 0. The van der Waals surface area contributed by atoms with Crippen LogP contribution in [0.2, 0.25) is 0 Å². The number of aryl methyl sites for hydroxylation is 1. The Labute approximate surface area is 106 Å². The molecule has 1 aromatic heterocycles. The van der Waals surface area contributed by atoms with Crippen LogP contribution < -0.4 is 5.32 Å².